The van der Waals surface area contributed by atoms with Crippen LogP contribution in [0.25, 0.3) is 6.08 Å². The zero-order valence-electron chi connectivity index (χ0n) is 12.5. The van der Waals surface area contributed by atoms with Crippen LogP contribution in [-0.4, -0.2) is 21.4 Å². The Balaban J connectivity index is 1.90. The first-order valence-electron chi connectivity index (χ1n) is 7.58. The van der Waals surface area contributed by atoms with Crippen LogP contribution in [0.1, 0.15) is 51.5 Å². The normalized spacial score (nSPS) is 34.5. The smallest absolute Gasteiger partial charge is 0.0703 e. The van der Waals surface area contributed by atoms with Crippen LogP contribution in [0.4, 0.5) is 0 Å². The van der Waals surface area contributed by atoms with Gasteiger partial charge in [-0.3, -0.25) is 0 Å². The number of rotatable bonds is 4. The summed E-state index contributed by atoms with van der Waals surface area (Å²) in [6.07, 6.45) is 7.93. The Bertz CT molecular complexity index is 450. The Hall–Kier alpha value is -1.12. The predicted molar refractivity (Wildman–Crippen MR) is 83.3 cm³/mol. The monoisotopic (exact) mass is 274 g/mol. The summed E-state index contributed by atoms with van der Waals surface area (Å²) in [6.45, 7) is 3.93. The van der Waals surface area contributed by atoms with Gasteiger partial charge in [-0.05, 0) is 44.1 Å². The van der Waals surface area contributed by atoms with E-state index >= 15 is 0 Å². The first kappa shape index (κ1) is 15.3. The van der Waals surface area contributed by atoms with Gasteiger partial charge < -0.3 is 10.2 Å². The molecule has 1 saturated carbocycles. The molecule has 1 aliphatic carbocycles. The van der Waals surface area contributed by atoms with Crippen molar-refractivity contribution in [2.45, 2.75) is 57.2 Å². The van der Waals surface area contributed by atoms with Crippen LogP contribution in [0, 0.1) is 5.92 Å². The van der Waals surface area contributed by atoms with Crippen molar-refractivity contribution in [1.82, 2.24) is 0 Å². The van der Waals surface area contributed by atoms with E-state index in [1.165, 1.54) is 5.56 Å². The highest BCUT2D eigenvalue weighted by Crippen LogP contribution is 2.41. The highest BCUT2D eigenvalue weighted by Gasteiger charge is 2.43. The molecule has 0 aromatic heterocycles. The molecule has 2 N–H and O–H groups in total. The minimum Gasteiger partial charge on any atom is -0.390 e. The maximum atomic E-state index is 10.8. The third kappa shape index (κ3) is 3.94. The molecule has 110 valence electrons. The topological polar surface area (TPSA) is 40.5 Å². The van der Waals surface area contributed by atoms with E-state index in [1.807, 2.05) is 25.1 Å². The van der Waals surface area contributed by atoms with Crippen molar-refractivity contribution in [1.29, 1.82) is 0 Å². The van der Waals surface area contributed by atoms with Gasteiger partial charge in [0.1, 0.15) is 0 Å². The number of aliphatic hydroxyl groups is 2. The summed E-state index contributed by atoms with van der Waals surface area (Å²) in [6, 6.07) is 10.2. The predicted octanol–water partition coefficient (Wildman–Crippen LogP) is 3.78. The average molecular weight is 274 g/mol. The highest BCUT2D eigenvalue weighted by atomic mass is 16.3. The van der Waals surface area contributed by atoms with Crippen molar-refractivity contribution in [2.24, 2.45) is 5.92 Å². The molecule has 1 aromatic rings. The Labute approximate surface area is 122 Å². The third-order valence-electron chi connectivity index (χ3n) is 4.57. The van der Waals surface area contributed by atoms with Crippen LogP contribution < -0.4 is 0 Å². The van der Waals surface area contributed by atoms with Crippen molar-refractivity contribution in [3.63, 3.8) is 0 Å². The van der Waals surface area contributed by atoms with Crippen LogP contribution in [0.2, 0.25) is 0 Å². The summed E-state index contributed by atoms with van der Waals surface area (Å²) < 4.78 is 0. The molecule has 2 rings (SSSR count). The highest BCUT2D eigenvalue weighted by molar-refractivity contribution is 5.48. The van der Waals surface area contributed by atoms with Crippen molar-refractivity contribution >= 4 is 6.08 Å². The Morgan fingerprint density at radius 3 is 2.65 bits per heavy atom. The maximum absolute atomic E-state index is 10.8. The molecule has 1 fully saturated rings. The summed E-state index contributed by atoms with van der Waals surface area (Å²) in [4.78, 5) is 0. The first-order valence-corrected chi connectivity index (χ1v) is 7.58. The van der Waals surface area contributed by atoms with E-state index in [0.29, 0.717) is 12.8 Å². The molecule has 20 heavy (non-hydrogen) atoms. The molecule has 0 heterocycles. The summed E-state index contributed by atoms with van der Waals surface area (Å²) >= 11 is 0. The van der Waals surface area contributed by atoms with Gasteiger partial charge in [0.15, 0.2) is 0 Å². The number of hydrogen-bond donors (Lipinski definition) is 2. The van der Waals surface area contributed by atoms with Crippen molar-refractivity contribution in [3.05, 3.63) is 42.0 Å². The lowest BCUT2D eigenvalue weighted by Gasteiger charge is -2.45. The second-order valence-electron chi connectivity index (χ2n) is 6.57. The van der Waals surface area contributed by atoms with Gasteiger partial charge in [-0.15, -0.1) is 0 Å². The second-order valence-corrected chi connectivity index (χ2v) is 6.57. The largest absolute Gasteiger partial charge is 0.390 e. The molecule has 2 heteroatoms. The van der Waals surface area contributed by atoms with E-state index in [0.717, 1.165) is 19.3 Å². The molecular formula is C18H26O2. The Morgan fingerprint density at radius 1 is 1.25 bits per heavy atom. The fourth-order valence-corrected chi connectivity index (χ4v) is 3.17. The van der Waals surface area contributed by atoms with E-state index in [2.05, 4.69) is 31.2 Å². The summed E-state index contributed by atoms with van der Waals surface area (Å²) in [7, 11) is 0. The average Bonchev–Trinajstić information content (AvgIpc) is 2.40. The van der Waals surface area contributed by atoms with Gasteiger partial charge in [-0.2, -0.15) is 0 Å². The minimum absolute atomic E-state index is 0.257. The molecule has 3 atom stereocenters. The van der Waals surface area contributed by atoms with Crippen LogP contribution in [0.3, 0.4) is 0 Å². The summed E-state index contributed by atoms with van der Waals surface area (Å²) in [5.74, 6) is 0.257. The van der Waals surface area contributed by atoms with Crippen LogP contribution >= 0.6 is 0 Å². The van der Waals surface area contributed by atoms with Gasteiger partial charge in [-0.1, -0.05) is 49.4 Å². The molecule has 1 aliphatic rings. The molecule has 1 aromatic carbocycles. The van der Waals surface area contributed by atoms with Gasteiger partial charge in [0.05, 0.1) is 11.2 Å². The zero-order valence-corrected chi connectivity index (χ0v) is 12.5. The lowest BCUT2D eigenvalue weighted by atomic mass is 9.68. The van der Waals surface area contributed by atoms with Gasteiger partial charge in [0.2, 0.25) is 0 Å². The van der Waals surface area contributed by atoms with E-state index < -0.39 is 11.2 Å². The first-order chi connectivity index (χ1) is 9.41. The Morgan fingerprint density at radius 2 is 1.95 bits per heavy atom. The molecular weight excluding hydrogens is 248 g/mol. The van der Waals surface area contributed by atoms with Gasteiger partial charge in [0.25, 0.3) is 0 Å². The summed E-state index contributed by atoms with van der Waals surface area (Å²) in [5.41, 5.74) is -0.268. The van der Waals surface area contributed by atoms with Crippen molar-refractivity contribution < 1.29 is 10.2 Å². The van der Waals surface area contributed by atoms with Gasteiger partial charge in [0, 0.05) is 6.42 Å². The van der Waals surface area contributed by atoms with Crippen molar-refractivity contribution in [2.75, 3.05) is 0 Å². The lowest BCUT2D eigenvalue weighted by Crippen LogP contribution is -2.48. The van der Waals surface area contributed by atoms with E-state index in [9.17, 15) is 10.2 Å². The molecule has 0 radical (unpaired) electrons. The zero-order chi connectivity index (χ0) is 14.6. The molecule has 0 bridgehead atoms. The molecule has 0 aliphatic heterocycles. The molecule has 0 spiro atoms. The molecule has 0 amide bonds. The van der Waals surface area contributed by atoms with Gasteiger partial charge >= 0.3 is 0 Å². The SMILES string of the molecule is CC1CC[C@@](C)(O)C[C@]1(O)CC/C=C/c1ccccc1. The van der Waals surface area contributed by atoms with E-state index in [4.69, 9.17) is 0 Å². The van der Waals surface area contributed by atoms with Crippen LogP contribution in [-0.2, 0) is 0 Å². The fourth-order valence-electron chi connectivity index (χ4n) is 3.17. The molecule has 1 unspecified atom stereocenters. The second kappa shape index (κ2) is 6.11. The molecule has 0 saturated heterocycles. The quantitative estimate of drug-likeness (QED) is 0.877. The third-order valence-corrected chi connectivity index (χ3v) is 4.57. The van der Waals surface area contributed by atoms with Crippen LogP contribution in [0.5, 0.6) is 0 Å². The van der Waals surface area contributed by atoms with Crippen LogP contribution in [0.15, 0.2) is 36.4 Å². The maximum Gasteiger partial charge on any atom is 0.0703 e. The van der Waals surface area contributed by atoms with Gasteiger partial charge in [-0.25, -0.2) is 0 Å². The Kier molecular flexibility index (Phi) is 4.66. The van der Waals surface area contributed by atoms with Crippen molar-refractivity contribution in [3.8, 4) is 0 Å². The number of allylic oxidation sites excluding steroid dienone is 1. The fraction of sp³-hybridized carbons (Fsp3) is 0.556. The number of benzene rings is 1. The number of hydrogen-bond acceptors (Lipinski definition) is 2. The molecule has 2 nitrogen and oxygen atoms in total. The lowest BCUT2D eigenvalue weighted by molar-refractivity contribution is -0.124. The standard InChI is InChI=1S/C18H26O2/c1-15-11-13-17(2,19)14-18(15,20)12-7-6-10-16-8-4-3-5-9-16/h3-6,8-10,15,19-20H,7,11-14H2,1-2H3/b10-6+/t15?,17-,18-/m1/s1. The van der Waals surface area contributed by atoms with E-state index in [1.54, 1.807) is 0 Å². The summed E-state index contributed by atoms with van der Waals surface area (Å²) in [5, 5.41) is 21.0. The minimum atomic E-state index is -0.733. The van der Waals surface area contributed by atoms with E-state index in [-0.39, 0.29) is 5.92 Å².